The van der Waals surface area contributed by atoms with E-state index in [1.165, 1.54) is 18.2 Å². The number of esters is 1. The highest BCUT2D eigenvalue weighted by Gasteiger charge is 2.16. The van der Waals surface area contributed by atoms with Gasteiger partial charge in [0.1, 0.15) is 11.6 Å². The molecule has 0 bridgehead atoms. The number of allylic oxidation sites excluding steroid dienone is 1. The normalized spacial score (nSPS) is 11.2. The standard InChI is InChI=1S/C13H12N2O4/c1-3-19-13(16)12(8-14)9(2)10-5-4-6-11(7-10)15(17)18/h4-7H,3H2,1-2H3/b12-9-. The number of benzene rings is 1. The van der Waals surface area contributed by atoms with Gasteiger partial charge in [0.25, 0.3) is 5.69 Å². The van der Waals surface area contributed by atoms with Crippen LogP contribution < -0.4 is 0 Å². The first-order valence-corrected chi connectivity index (χ1v) is 5.54. The van der Waals surface area contributed by atoms with Crippen LogP contribution in [0.3, 0.4) is 0 Å². The molecule has 0 aromatic heterocycles. The van der Waals surface area contributed by atoms with Crippen LogP contribution in [0.4, 0.5) is 5.69 Å². The number of non-ortho nitro benzene ring substituents is 1. The topological polar surface area (TPSA) is 93.2 Å². The first-order chi connectivity index (χ1) is 9.01. The maximum absolute atomic E-state index is 11.6. The van der Waals surface area contributed by atoms with Gasteiger partial charge in [-0.15, -0.1) is 0 Å². The van der Waals surface area contributed by atoms with Crippen LogP contribution in [-0.2, 0) is 9.53 Å². The Bertz CT molecular complexity index is 585. The molecule has 0 spiro atoms. The molecule has 0 atom stereocenters. The molecule has 6 heteroatoms. The third-order valence-corrected chi connectivity index (χ3v) is 2.46. The predicted molar refractivity (Wildman–Crippen MR) is 67.9 cm³/mol. The largest absolute Gasteiger partial charge is 0.462 e. The van der Waals surface area contributed by atoms with Gasteiger partial charge in [0.05, 0.1) is 11.5 Å². The van der Waals surface area contributed by atoms with Crippen molar-refractivity contribution in [1.29, 1.82) is 5.26 Å². The average molecular weight is 260 g/mol. The van der Waals surface area contributed by atoms with Crippen LogP contribution in [-0.4, -0.2) is 17.5 Å². The molecule has 0 saturated carbocycles. The quantitative estimate of drug-likeness (QED) is 0.272. The highest BCUT2D eigenvalue weighted by Crippen LogP contribution is 2.23. The fourth-order valence-corrected chi connectivity index (χ4v) is 1.48. The molecule has 0 saturated heterocycles. The third kappa shape index (κ3) is 3.39. The second-order valence-corrected chi connectivity index (χ2v) is 3.64. The van der Waals surface area contributed by atoms with Gasteiger partial charge in [0, 0.05) is 12.1 Å². The van der Waals surface area contributed by atoms with Crippen molar-refractivity contribution in [2.24, 2.45) is 0 Å². The summed E-state index contributed by atoms with van der Waals surface area (Å²) in [6.45, 7) is 3.34. The van der Waals surface area contributed by atoms with Crippen LogP contribution in [0.2, 0.25) is 0 Å². The Morgan fingerprint density at radius 3 is 2.74 bits per heavy atom. The van der Waals surface area contributed by atoms with E-state index in [0.717, 1.165) is 0 Å². The van der Waals surface area contributed by atoms with Crippen LogP contribution in [0.5, 0.6) is 0 Å². The minimum atomic E-state index is -0.728. The summed E-state index contributed by atoms with van der Waals surface area (Å²) in [4.78, 5) is 21.7. The number of carbonyl (C=O) groups is 1. The fraction of sp³-hybridized carbons (Fsp3) is 0.231. The van der Waals surface area contributed by atoms with Crippen molar-refractivity contribution in [3.63, 3.8) is 0 Å². The predicted octanol–water partition coefficient (Wildman–Crippen LogP) is 2.45. The second-order valence-electron chi connectivity index (χ2n) is 3.64. The van der Waals surface area contributed by atoms with Crippen molar-refractivity contribution in [3.05, 3.63) is 45.5 Å². The van der Waals surface area contributed by atoms with Gasteiger partial charge < -0.3 is 4.74 Å². The molecule has 1 aromatic rings. The summed E-state index contributed by atoms with van der Waals surface area (Å²) in [7, 11) is 0. The SMILES string of the molecule is CCOC(=O)/C(C#N)=C(/C)c1cccc([N+](=O)[O-])c1. The lowest BCUT2D eigenvalue weighted by Gasteiger charge is -2.05. The zero-order chi connectivity index (χ0) is 14.4. The molecule has 0 amide bonds. The van der Waals surface area contributed by atoms with Crippen molar-refractivity contribution < 1.29 is 14.5 Å². The first kappa shape index (κ1) is 14.4. The van der Waals surface area contributed by atoms with Gasteiger partial charge in [-0.1, -0.05) is 12.1 Å². The molecular formula is C13H12N2O4. The van der Waals surface area contributed by atoms with Crippen LogP contribution in [0.25, 0.3) is 5.57 Å². The van der Waals surface area contributed by atoms with Crippen LogP contribution in [0.15, 0.2) is 29.8 Å². The van der Waals surface area contributed by atoms with Gasteiger partial charge in [0.15, 0.2) is 0 Å². The van der Waals surface area contributed by atoms with Crippen molar-refractivity contribution in [1.82, 2.24) is 0 Å². The number of carbonyl (C=O) groups excluding carboxylic acids is 1. The molecule has 0 unspecified atom stereocenters. The summed E-state index contributed by atoms with van der Waals surface area (Å²) >= 11 is 0. The molecule has 6 nitrogen and oxygen atoms in total. The summed E-state index contributed by atoms with van der Waals surface area (Å²) in [5, 5.41) is 19.7. The van der Waals surface area contributed by atoms with E-state index in [1.54, 1.807) is 26.0 Å². The lowest BCUT2D eigenvalue weighted by molar-refractivity contribution is -0.384. The lowest BCUT2D eigenvalue weighted by Crippen LogP contribution is -2.08. The zero-order valence-electron chi connectivity index (χ0n) is 10.5. The molecule has 0 aliphatic carbocycles. The van der Waals surface area contributed by atoms with Crippen LogP contribution >= 0.6 is 0 Å². The van der Waals surface area contributed by atoms with E-state index in [-0.39, 0.29) is 17.9 Å². The van der Waals surface area contributed by atoms with E-state index < -0.39 is 10.9 Å². The zero-order valence-corrected chi connectivity index (χ0v) is 10.5. The van der Waals surface area contributed by atoms with Crippen LogP contribution in [0.1, 0.15) is 19.4 Å². The van der Waals surface area contributed by atoms with Crippen molar-refractivity contribution in [2.45, 2.75) is 13.8 Å². The maximum atomic E-state index is 11.6. The average Bonchev–Trinajstić information content (AvgIpc) is 2.39. The summed E-state index contributed by atoms with van der Waals surface area (Å²) in [5.74, 6) is -0.728. The molecule has 1 aromatic carbocycles. The molecule has 19 heavy (non-hydrogen) atoms. The monoisotopic (exact) mass is 260 g/mol. The van der Waals surface area contributed by atoms with Crippen molar-refractivity contribution in [3.8, 4) is 6.07 Å². The summed E-state index contributed by atoms with van der Waals surface area (Å²) in [5.41, 5.74) is 0.545. The smallest absolute Gasteiger partial charge is 0.349 e. The van der Waals surface area contributed by atoms with Gasteiger partial charge in [-0.05, 0) is 25.0 Å². The maximum Gasteiger partial charge on any atom is 0.349 e. The Labute approximate surface area is 110 Å². The highest BCUT2D eigenvalue weighted by molar-refractivity contribution is 6.01. The Morgan fingerprint density at radius 2 is 2.21 bits per heavy atom. The molecule has 0 aliphatic heterocycles. The number of hydrogen-bond donors (Lipinski definition) is 0. The van der Waals surface area contributed by atoms with Crippen molar-refractivity contribution >= 4 is 17.2 Å². The highest BCUT2D eigenvalue weighted by atomic mass is 16.6. The number of rotatable bonds is 4. The molecule has 0 N–H and O–H groups in total. The molecule has 98 valence electrons. The molecule has 0 heterocycles. The number of nitro benzene ring substituents is 1. The van der Waals surface area contributed by atoms with Crippen molar-refractivity contribution in [2.75, 3.05) is 6.61 Å². The Kier molecular flexibility index (Phi) is 4.77. The number of ether oxygens (including phenoxy) is 1. The first-order valence-electron chi connectivity index (χ1n) is 5.54. The third-order valence-electron chi connectivity index (χ3n) is 2.46. The minimum Gasteiger partial charge on any atom is -0.462 e. The lowest BCUT2D eigenvalue weighted by atomic mass is 10.0. The molecule has 0 radical (unpaired) electrons. The molecule has 1 rings (SSSR count). The number of nitrogens with zero attached hydrogens (tertiary/aromatic N) is 2. The fourth-order valence-electron chi connectivity index (χ4n) is 1.48. The van der Waals surface area contributed by atoms with E-state index in [4.69, 9.17) is 10.00 Å². The minimum absolute atomic E-state index is 0.0991. The summed E-state index contributed by atoms with van der Waals surface area (Å²) in [6, 6.07) is 7.51. The number of hydrogen-bond acceptors (Lipinski definition) is 5. The second kappa shape index (κ2) is 6.31. The Morgan fingerprint density at radius 1 is 1.53 bits per heavy atom. The summed E-state index contributed by atoms with van der Waals surface area (Å²) < 4.78 is 4.76. The van der Waals surface area contributed by atoms with Crippen LogP contribution in [0, 0.1) is 21.4 Å². The molecule has 0 fully saturated rings. The van der Waals surface area contributed by atoms with E-state index in [0.29, 0.717) is 11.1 Å². The van der Waals surface area contributed by atoms with E-state index in [1.807, 2.05) is 0 Å². The summed E-state index contributed by atoms with van der Waals surface area (Å²) in [6.07, 6.45) is 0. The Balaban J connectivity index is 3.26. The van der Waals surface area contributed by atoms with E-state index in [2.05, 4.69) is 0 Å². The van der Waals surface area contributed by atoms with Gasteiger partial charge in [-0.2, -0.15) is 5.26 Å². The van der Waals surface area contributed by atoms with E-state index in [9.17, 15) is 14.9 Å². The van der Waals surface area contributed by atoms with Gasteiger partial charge in [0.2, 0.25) is 0 Å². The molecular weight excluding hydrogens is 248 g/mol. The van der Waals surface area contributed by atoms with Gasteiger partial charge in [-0.3, -0.25) is 10.1 Å². The van der Waals surface area contributed by atoms with Gasteiger partial charge >= 0.3 is 5.97 Å². The number of nitriles is 1. The Hall–Kier alpha value is -2.68. The van der Waals surface area contributed by atoms with Gasteiger partial charge in [-0.25, -0.2) is 4.79 Å². The van der Waals surface area contributed by atoms with E-state index >= 15 is 0 Å². The number of nitro groups is 1. The molecule has 0 aliphatic rings.